The van der Waals surface area contributed by atoms with Crippen molar-refractivity contribution in [1.29, 1.82) is 0 Å². The molecule has 1 unspecified atom stereocenters. The first-order valence-electron chi connectivity index (χ1n) is 9.40. The average Bonchev–Trinajstić information content (AvgIpc) is 2.98. The van der Waals surface area contributed by atoms with Crippen molar-refractivity contribution in [3.63, 3.8) is 0 Å². The number of phenolic OH excluding ortho intramolecular Hbond substituents is 2. The molecule has 0 aliphatic carbocycles. The van der Waals surface area contributed by atoms with Gasteiger partial charge in [0.1, 0.15) is 17.6 Å². The number of anilines is 1. The number of ether oxygens (including phenoxy) is 1. The van der Waals surface area contributed by atoms with Gasteiger partial charge in [0.2, 0.25) is 0 Å². The SMILES string of the molecule is O=C1OC(CCCN2CCN(c3ccc(O)cc3)CC2)c2ccc(O)cc21. The fourth-order valence-electron chi connectivity index (χ4n) is 3.87. The number of rotatable bonds is 5. The molecule has 0 bridgehead atoms. The van der Waals surface area contributed by atoms with Crippen LogP contribution in [0.3, 0.4) is 0 Å². The second kappa shape index (κ2) is 7.48. The summed E-state index contributed by atoms with van der Waals surface area (Å²) in [5.41, 5.74) is 2.52. The fourth-order valence-corrected chi connectivity index (χ4v) is 3.87. The predicted molar refractivity (Wildman–Crippen MR) is 102 cm³/mol. The molecule has 1 saturated heterocycles. The number of aromatic hydroxyl groups is 2. The summed E-state index contributed by atoms with van der Waals surface area (Å²) in [7, 11) is 0. The first-order valence-corrected chi connectivity index (χ1v) is 9.40. The van der Waals surface area contributed by atoms with Gasteiger partial charge >= 0.3 is 5.97 Å². The van der Waals surface area contributed by atoms with Crippen LogP contribution in [0.15, 0.2) is 42.5 Å². The van der Waals surface area contributed by atoms with Crippen LogP contribution < -0.4 is 4.90 Å². The molecule has 1 atom stereocenters. The zero-order valence-corrected chi connectivity index (χ0v) is 15.2. The van der Waals surface area contributed by atoms with E-state index in [1.807, 2.05) is 12.1 Å². The van der Waals surface area contributed by atoms with E-state index in [2.05, 4.69) is 9.80 Å². The van der Waals surface area contributed by atoms with Crippen molar-refractivity contribution in [2.75, 3.05) is 37.6 Å². The zero-order chi connectivity index (χ0) is 18.8. The van der Waals surface area contributed by atoms with Crippen molar-refractivity contribution in [2.24, 2.45) is 0 Å². The second-order valence-corrected chi connectivity index (χ2v) is 7.15. The third-order valence-electron chi connectivity index (χ3n) is 5.38. The quantitative estimate of drug-likeness (QED) is 0.791. The number of hydrogen-bond acceptors (Lipinski definition) is 6. The normalized spacial score (nSPS) is 19.8. The van der Waals surface area contributed by atoms with Crippen molar-refractivity contribution in [1.82, 2.24) is 4.90 Å². The highest BCUT2D eigenvalue weighted by molar-refractivity contribution is 5.94. The van der Waals surface area contributed by atoms with E-state index in [4.69, 9.17) is 4.74 Å². The lowest BCUT2D eigenvalue weighted by molar-refractivity contribution is 0.0358. The Morgan fingerprint density at radius 2 is 1.67 bits per heavy atom. The molecule has 6 heteroatoms. The van der Waals surface area contributed by atoms with E-state index < -0.39 is 0 Å². The van der Waals surface area contributed by atoms with E-state index in [1.54, 1.807) is 24.3 Å². The molecule has 27 heavy (non-hydrogen) atoms. The molecule has 2 heterocycles. The Morgan fingerprint density at radius 3 is 2.41 bits per heavy atom. The predicted octanol–water partition coefficient (Wildman–Crippen LogP) is 2.91. The van der Waals surface area contributed by atoms with Gasteiger partial charge in [-0.25, -0.2) is 4.79 Å². The van der Waals surface area contributed by atoms with Crippen LogP contribution in [-0.4, -0.2) is 53.8 Å². The topological polar surface area (TPSA) is 73.2 Å². The first-order chi connectivity index (χ1) is 13.1. The van der Waals surface area contributed by atoms with Crippen molar-refractivity contribution >= 4 is 11.7 Å². The van der Waals surface area contributed by atoms with E-state index in [0.717, 1.165) is 56.8 Å². The third kappa shape index (κ3) is 3.85. The van der Waals surface area contributed by atoms with Gasteiger partial charge in [0.15, 0.2) is 0 Å². The van der Waals surface area contributed by atoms with Gasteiger partial charge in [-0.3, -0.25) is 4.90 Å². The minimum atomic E-state index is -0.339. The maximum Gasteiger partial charge on any atom is 0.339 e. The van der Waals surface area contributed by atoms with Gasteiger partial charge in [0.25, 0.3) is 0 Å². The van der Waals surface area contributed by atoms with Crippen LogP contribution in [-0.2, 0) is 4.74 Å². The maximum atomic E-state index is 11.9. The minimum absolute atomic E-state index is 0.0952. The van der Waals surface area contributed by atoms with E-state index in [1.165, 1.54) is 6.07 Å². The number of piperazine rings is 1. The molecule has 1 fully saturated rings. The largest absolute Gasteiger partial charge is 0.508 e. The molecular formula is C21H24N2O4. The molecular weight excluding hydrogens is 344 g/mol. The van der Waals surface area contributed by atoms with Crippen LogP contribution >= 0.6 is 0 Å². The summed E-state index contributed by atoms with van der Waals surface area (Å²) in [5.74, 6) is 0.0491. The monoisotopic (exact) mass is 368 g/mol. The Kier molecular flexibility index (Phi) is 4.90. The third-order valence-corrected chi connectivity index (χ3v) is 5.38. The zero-order valence-electron chi connectivity index (χ0n) is 15.2. The van der Waals surface area contributed by atoms with Crippen molar-refractivity contribution in [3.05, 3.63) is 53.6 Å². The smallest absolute Gasteiger partial charge is 0.339 e. The van der Waals surface area contributed by atoms with E-state index >= 15 is 0 Å². The van der Waals surface area contributed by atoms with Gasteiger partial charge in [-0.15, -0.1) is 0 Å². The molecule has 0 saturated carbocycles. The Hall–Kier alpha value is -2.73. The average molecular weight is 368 g/mol. The Labute approximate surface area is 158 Å². The van der Waals surface area contributed by atoms with Gasteiger partial charge in [-0.2, -0.15) is 0 Å². The molecule has 2 aromatic rings. The first kappa shape index (κ1) is 17.7. The summed E-state index contributed by atoms with van der Waals surface area (Å²) in [4.78, 5) is 16.7. The second-order valence-electron chi connectivity index (χ2n) is 7.15. The standard InChI is InChI=1S/C21H24N2O4/c24-16-5-3-15(4-6-16)23-12-10-22(11-13-23)9-1-2-20-18-8-7-17(25)14-19(18)21(26)27-20/h3-8,14,20,24-25H,1-2,9-13H2. The van der Waals surface area contributed by atoms with Gasteiger partial charge in [0.05, 0.1) is 5.56 Å². The lowest BCUT2D eigenvalue weighted by atomic mass is 10.0. The van der Waals surface area contributed by atoms with Crippen LogP contribution in [0.4, 0.5) is 5.69 Å². The highest BCUT2D eigenvalue weighted by atomic mass is 16.5. The molecule has 2 aliphatic rings. The lowest BCUT2D eigenvalue weighted by Crippen LogP contribution is -2.46. The molecule has 2 aromatic carbocycles. The van der Waals surface area contributed by atoms with Crippen LogP contribution in [0.5, 0.6) is 11.5 Å². The van der Waals surface area contributed by atoms with E-state index in [0.29, 0.717) is 11.3 Å². The fraction of sp³-hybridized carbons (Fsp3) is 0.381. The number of phenols is 2. The summed E-state index contributed by atoms with van der Waals surface area (Å²) in [6, 6.07) is 12.2. The van der Waals surface area contributed by atoms with Crippen molar-refractivity contribution in [3.8, 4) is 11.5 Å². The molecule has 142 valence electrons. The number of esters is 1. The number of nitrogens with zero attached hydrogens (tertiary/aromatic N) is 2. The lowest BCUT2D eigenvalue weighted by Gasteiger charge is -2.36. The van der Waals surface area contributed by atoms with Gasteiger partial charge < -0.3 is 19.8 Å². The molecule has 2 N–H and O–H groups in total. The molecule has 0 amide bonds. The molecule has 2 aliphatic heterocycles. The Balaban J connectivity index is 1.24. The number of fused-ring (bicyclic) bond motifs is 1. The van der Waals surface area contributed by atoms with Gasteiger partial charge in [0, 0.05) is 37.4 Å². The highest BCUT2D eigenvalue weighted by Gasteiger charge is 2.31. The number of benzene rings is 2. The van der Waals surface area contributed by atoms with Crippen LogP contribution in [0, 0.1) is 0 Å². The molecule has 0 aromatic heterocycles. The van der Waals surface area contributed by atoms with E-state index in [9.17, 15) is 15.0 Å². The number of carbonyl (C=O) groups excluding carboxylic acids is 1. The number of carbonyl (C=O) groups is 1. The number of hydrogen-bond donors (Lipinski definition) is 2. The minimum Gasteiger partial charge on any atom is -0.508 e. The molecule has 0 radical (unpaired) electrons. The van der Waals surface area contributed by atoms with E-state index in [-0.39, 0.29) is 17.8 Å². The summed E-state index contributed by atoms with van der Waals surface area (Å²) in [6.07, 6.45) is 1.55. The summed E-state index contributed by atoms with van der Waals surface area (Å²) in [6.45, 7) is 4.90. The summed E-state index contributed by atoms with van der Waals surface area (Å²) in [5, 5.41) is 18.9. The van der Waals surface area contributed by atoms with Gasteiger partial charge in [-0.05, 0) is 55.8 Å². The van der Waals surface area contributed by atoms with Crippen LogP contribution in [0.2, 0.25) is 0 Å². The summed E-state index contributed by atoms with van der Waals surface area (Å²) < 4.78 is 5.46. The number of cyclic esters (lactones) is 1. The molecule has 4 rings (SSSR count). The van der Waals surface area contributed by atoms with Crippen molar-refractivity contribution in [2.45, 2.75) is 18.9 Å². The highest BCUT2D eigenvalue weighted by Crippen LogP contribution is 2.35. The summed E-state index contributed by atoms with van der Waals surface area (Å²) >= 11 is 0. The molecule has 6 nitrogen and oxygen atoms in total. The van der Waals surface area contributed by atoms with Crippen molar-refractivity contribution < 1.29 is 19.7 Å². The Morgan fingerprint density at radius 1 is 0.963 bits per heavy atom. The Bertz CT molecular complexity index is 813. The maximum absolute atomic E-state index is 11.9. The van der Waals surface area contributed by atoms with Gasteiger partial charge in [-0.1, -0.05) is 6.07 Å². The van der Waals surface area contributed by atoms with Crippen LogP contribution in [0.1, 0.15) is 34.9 Å². The molecule has 0 spiro atoms. The van der Waals surface area contributed by atoms with Crippen LogP contribution in [0.25, 0.3) is 0 Å².